The fraction of sp³-hybridized carbons (Fsp3) is 0.846. The Morgan fingerprint density at radius 3 is 2.62 bits per heavy atom. The molecule has 2 unspecified atom stereocenters. The molecule has 2 aliphatic heterocycles. The number of hydrogen-bond acceptors (Lipinski definition) is 4. The highest BCUT2D eigenvalue weighted by Crippen LogP contribution is 2.20. The lowest BCUT2D eigenvalue weighted by Gasteiger charge is -2.36. The quantitative estimate of drug-likeness (QED) is 0.793. The fourth-order valence-corrected chi connectivity index (χ4v) is 4.71. The van der Waals surface area contributed by atoms with E-state index in [-0.39, 0.29) is 36.0 Å². The Morgan fingerprint density at radius 2 is 1.95 bits per heavy atom. The van der Waals surface area contributed by atoms with E-state index in [1.54, 1.807) is 4.90 Å². The van der Waals surface area contributed by atoms with Crippen LogP contribution in [0.15, 0.2) is 0 Å². The van der Waals surface area contributed by atoms with Crippen molar-refractivity contribution in [3.63, 3.8) is 0 Å². The van der Waals surface area contributed by atoms with Crippen molar-refractivity contribution in [2.45, 2.75) is 50.6 Å². The number of rotatable bonds is 3. The van der Waals surface area contributed by atoms with Crippen LogP contribution in [-0.2, 0) is 14.6 Å². The molecular weight excluding hydrogens is 296 g/mol. The summed E-state index contributed by atoms with van der Waals surface area (Å²) >= 11 is 0. The Bertz CT molecular complexity index is 505. The average molecular weight is 318 g/mol. The predicted octanol–water partition coefficient (Wildman–Crippen LogP) is 0.602. The van der Waals surface area contributed by atoms with Gasteiger partial charge in [0.25, 0.3) is 0 Å². The normalized spacial score (nSPS) is 28.9. The molecule has 2 rings (SSSR count). The summed E-state index contributed by atoms with van der Waals surface area (Å²) in [4.78, 5) is 24.7. The van der Waals surface area contributed by atoms with Crippen LogP contribution < -0.4 is 5.32 Å². The van der Waals surface area contributed by atoms with Gasteiger partial charge in [-0.2, -0.15) is 0 Å². The number of hydrogen-bond donors (Lipinski definition) is 2. The number of nitrogens with one attached hydrogen (secondary N) is 1. The lowest BCUT2D eigenvalue weighted by atomic mass is 10.00. The number of likely N-dealkylation sites (tertiary alicyclic amines) is 1. The molecule has 0 aromatic heterocycles. The zero-order valence-corrected chi connectivity index (χ0v) is 12.8. The minimum Gasteiger partial charge on any atom is -0.481 e. The van der Waals surface area contributed by atoms with Gasteiger partial charge in [-0.1, -0.05) is 0 Å². The van der Waals surface area contributed by atoms with E-state index in [2.05, 4.69) is 5.32 Å². The van der Waals surface area contributed by atoms with Crippen LogP contribution in [0.5, 0.6) is 0 Å². The highest BCUT2D eigenvalue weighted by Gasteiger charge is 2.31. The van der Waals surface area contributed by atoms with E-state index in [4.69, 9.17) is 5.11 Å². The molecule has 0 aromatic rings. The zero-order chi connectivity index (χ0) is 15.5. The first kappa shape index (κ1) is 16.1. The molecule has 2 fully saturated rings. The highest BCUT2D eigenvalue weighted by molar-refractivity contribution is 7.91. The molecule has 2 amide bonds. The molecule has 21 heavy (non-hydrogen) atoms. The van der Waals surface area contributed by atoms with Crippen molar-refractivity contribution in [1.29, 1.82) is 0 Å². The van der Waals surface area contributed by atoms with Crippen molar-refractivity contribution in [1.82, 2.24) is 10.2 Å². The minimum absolute atomic E-state index is 0.0177. The molecule has 8 heteroatoms. The summed E-state index contributed by atoms with van der Waals surface area (Å²) in [6.07, 6.45) is 3.61. The van der Waals surface area contributed by atoms with Gasteiger partial charge in [-0.05, 0) is 32.1 Å². The van der Waals surface area contributed by atoms with Gasteiger partial charge in [0, 0.05) is 18.6 Å². The standard InChI is InChI=1S/C13H22N2O5S/c16-12(17)8-11-5-1-2-6-15(11)13(18)14-10-4-3-7-21(19,20)9-10/h10-11H,1-9H2,(H,14,18)(H,16,17). The second-order valence-corrected chi connectivity index (χ2v) is 8.07. The molecule has 0 aromatic carbocycles. The molecule has 0 radical (unpaired) electrons. The molecule has 0 saturated carbocycles. The van der Waals surface area contributed by atoms with E-state index in [0.717, 1.165) is 12.8 Å². The highest BCUT2D eigenvalue weighted by atomic mass is 32.2. The average Bonchev–Trinajstić information content (AvgIpc) is 2.37. The van der Waals surface area contributed by atoms with Gasteiger partial charge >= 0.3 is 12.0 Å². The van der Waals surface area contributed by atoms with E-state index in [1.165, 1.54) is 0 Å². The van der Waals surface area contributed by atoms with Gasteiger partial charge in [0.2, 0.25) is 0 Å². The van der Waals surface area contributed by atoms with Gasteiger partial charge in [0.15, 0.2) is 9.84 Å². The number of carbonyl (C=O) groups is 2. The summed E-state index contributed by atoms with van der Waals surface area (Å²) in [5, 5.41) is 11.7. The van der Waals surface area contributed by atoms with Gasteiger partial charge in [-0.3, -0.25) is 4.79 Å². The van der Waals surface area contributed by atoms with Crippen molar-refractivity contribution in [2.24, 2.45) is 0 Å². The van der Waals surface area contributed by atoms with Crippen LogP contribution in [0.2, 0.25) is 0 Å². The third-order valence-electron chi connectivity index (χ3n) is 4.09. The Kier molecular flexibility index (Phi) is 5.08. The maximum atomic E-state index is 12.3. The van der Waals surface area contributed by atoms with Crippen LogP contribution in [0, 0.1) is 0 Å². The van der Waals surface area contributed by atoms with Crippen molar-refractivity contribution >= 4 is 21.8 Å². The molecular formula is C13H22N2O5S. The van der Waals surface area contributed by atoms with Gasteiger partial charge in [0.05, 0.1) is 17.9 Å². The monoisotopic (exact) mass is 318 g/mol. The third kappa shape index (κ3) is 4.59. The number of amides is 2. The largest absolute Gasteiger partial charge is 0.481 e. The summed E-state index contributed by atoms with van der Waals surface area (Å²) in [6.45, 7) is 0.531. The summed E-state index contributed by atoms with van der Waals surface area (Å²) in [6, 6.07) is -0.983. The fourth-order valence-electron chi connectivity index (χ4n) is 3.08. The number of piperidine rings is 1. The van der Waals surface area contributed by atoms with Crippen LogP contribution in [0.25, 0.3) is 0 Å². The van der Waals surface area contributed by atoms with Gasteiger partial charge in [-0.25, -0.2) is 13.2 Å². The first-order valence-corrected chi connectivity index (χ1v) is 9.19. The van der Waals surface area contributed by atoms with Gasteiger partial charge < -0.3 is 15.3 Å². The van der Waals surface area contributed by atoms with Crippen LogP contribution in [0.1, 0.15) is 38.5 Å². The first-order chi connectivity index (χ1) is 9.87. The maximum Gasteiger partial charge on any atom is 0.317 e. The molecule has 2 heterocycles. The van der Waals surface area contributed by atoms with Crippen LogP contribution in [0.4, 0.5) is 4.79 Å². The number of nitrogens with zero attached hydrogens (tertiary/aromatic N) is 1. The number of carboxylic acids is 1. The van der Waals surface area contributed by atoms with E-state index in [1.807, 2.05) is 0 Å². The first-order valence-electron chi connectivity index (χ1n) is 7.37. The van der Waals surface area contributed by atoms with E-state index >= 15 is 0 Å². The second-order valence-electron chi connectivity index (χ2n) is 5.84. The molecule has 2 atom stereocenters. The van der Waals surface area contributed by atoms with Crippen molar-refractivity contribution in [2.75, 3.05) is 18.1 Å². The summed E-state index contributed by atoms with van der Waals surface area (Å²) in [5.74, 6) is -0.749. The Hall–Kier alpha value is -1.31. The minimum atomic E-state index is -3.07. The van der Waals surface area contributed by atoms with Crippen LogP contribution in [0.3, 0.4) is 0 Å². The predicted molar refractivity (Wildman–Crippen MR) is 76.8 cm³/mol. The van der Waals surface area contributed by atoms with Crippen LogP contribution in [-0.4, -0.2) is 60.6 Å². The topological polar surface area (TPSA) is 104 Å². The summed E-state index contributed by atoms with van der Waals surface area (Å²) in [5.41, 5.74) is 0. The SMILES string of the molecule is O=C(O)CC1CCCCN1C(=O)NC1CCCS(=O)(=O)C1. The van der Waals surface area contributed by atoms with E-state index < -0.39 is 15.8 Å². The number of aliphatic carboxylic acids is 1. The van der Waals surface area contributed by atoms with Crippen molar-refractivity contribution < 1.29 is 23.1 Å². The molecule has 120 valence electrons. The van der Waals surface area contributed by atoms with Crippen LogP contribution >= 0.6 is 0 Å². The number of carboxylic acid groups (broad SMARTS) is 1. The Balaban J connectivity index is 1.95. The molecule has 7 nitrogen and oxygen atoms in total. The second kappa shape index (κ2) is 6.64. The smallest absolute Gasteiger partial charge is 0.317 e. The van der Waals surface area contributed by atoms with E-state index in [9.17, 15) is 18.0 Å². The Labute approximate surface area is 124 Å². The van der Waals surface area contributed by atoms with Crippen molar-refractivity contribution in [3.05, 3.63) is 0 Å². The van der Waals surface area contributed by atoms with Gasteiger partial charge in [0.1, 0.15) is 0 Å². The molecule has 2 aliphatic rings. The molecule has 0 aliphatic carbocycles. The lowest BCUT2D eigenvalue weighted by molar-refractivity contribution is -0.138. The molecule has 0 bridgehead atoms. The molecule has 2 N–H and O–H groups in total. The molecule has 0 spiro atoms. The third-order valence-corrected chi connectivity index (χ3v) is 5.91. The number of carbonyl (C=O) groups excluding carboxylic acids is 1. The summed E-state index contributed by atoms with van der Waals surface area (Å²) in [7, 11) is -3.07. The number of sulfone groups is 1. The van der Waals surface area contributed by atoms with Gasteiger partial charge in [-0.15, -0.1) is 0 Å². The van der Waals surface area contributed by atoms with E-state index in [0.29, 0.717) is 25.8 Å². The summed E-state index contributed by atoms with van der Waals surface area (Å²) < 4.78 is 23.2. The van der Waals surface area contributed by atoms with Crippen molar-refractivity contribution in [3.8, 4) is 0 Å². The maximum absolute atomic E-state index is 12.3. The number of urea groups is 1. The lowest BCUT2D eigenvalue weighted by Crippen LogP contribution is -2.53. The molecule has 2 saturated heterocycles. The zero-order valence-electron chi connectivity index (χ0n) is 12.0. The Morgan fingerprint density at radius 1 is 1.19 bits per heavy atom.